The molecule has 2 aliphatic rings. The van der Waals surface area contributed by atoms with Gasteiger partial charge in [0.2, 0.25) is 5.91 Å². The minimum Gasteiger partial charge on any atom is -0.481 e. The number of thiophene rings is 1. The summed E-state index contributed by atoms with van der Waals surface area (Å²) in [5.41, 5.74) is 2.68. The average molecular weight is 425 g/mol. The van der Waals surface area contributed by atoms with Crippen molar-refractivity contribution in [3.8, 4) is 0 Å². The maximum atomic E-state index is 13.4. The number of nitrogens with one attached hydrogen (secondary N) is 1. The molecule has 2 N–H and O–H groups in total. The highest BCUT2D eigenvalue weighted by Gasteiger charge is 2.43. The van der Waals surface area contributed by atoms with Gasteiger partial charge in [0.25, 0.3) is 0 Å². The van der Waals surface area contributed by atoms with E-state index in [1.54, 1.807) is 4.90 Å². The van der Waals surface area contributed by atoms with Crippen molar-refractivity contribution in [2.75, 3.05) is 10.2 Å². The van der Waals surface area contributed by atoms with Crippen LogP contribution in [0.3, 0.4) is 0 Å². The first-order valence-corrected chi connectivity index (χ1v) is 10.8. The van der Waals surface area contributed by atoms with Gasteiger partial charge in [0.15, 0.2) is 5.78 Å². The number of benzene rings is 1. The summed E-state index contributed by atoms with van der Waals surface area (Å²) in [6.45, 7) is 4.15. The molecule has 1 aromatic heterocycles. The van der Waals surface area contributed by atoms with E-state index in [1.165, 1.54) is 11.3 Å². The maximum absolute atomic E-state index is 13.4. The lowest BCUT2D eigenvalue weighted by Crippen LogP contribution is -2.39. The molecule has 1 aliphatic carbocycles. The van der Waals surface area contributed by atoms with E-state index in [-0.39, 0.29) is 29.9 Å². The number of para-hydroxylation sites is 2. The van der Waals surface area contributed by atoms with E-state index >= 15 is 0 Å². The third-order valence-corrected chi connectivity index (χ3v) is 6.46. The Labute approximate surface area is 179 Å². The molecule has 1 aromatic carbocycles. The van der Waals surface area contributed by atoms with Crippen LogP contribution in [0.4, 0.5) is 11.4 Å². The molecule has 0 saturated carbocycles. The molecular formula is C23H24N2O4S. The summed E-state index contributed by atoms with van der Waals surface area (Å²) in [7, 11) is 0. The zero-order chi connectivity index (χ0) is 21.5. The number of carboxylic acid groups (broad SMARTS) is 1. The molecule has 7 heteroatoms. The Bertz CT molecular complexity index is 1040. The van der Waals surface area contributed by atoms with Crippen molar-refractivity contribution in [2.24, 2.45) is 5.41 Å². The van der Waals surface area contributed by atoms with E-state index < -0.39 is 12.0 Å². The topological polar surface area (TPSA) is 86.7 Å². The fourth-order valence-corrected chi connectivity index (χ4v) is 5.14. The van der Waals surface area contributed by atoms with Gasteiger partial charge in [-0.15, -0.1) is 11.3 Å². The monoisotopic (exact) mass is 424 g/mol. The fourth-order valence-electron chi connectivity index (χ4n) is 4.31. The SMILES string of the molecule is CC1(C)CC(=O)C2=C(C1)Nc1ccccc1N(C(=O)CCC(=O)O)C2c1cccs1. The molecular weight excluding hydrogens is 400 g/mol. The van der Waals surface area contributed by atoms with Crippen LogP contribution in [0.1, 0.15) is 50.4 Å². The lowest BCUT2D eigenvalue weighted by Gasteiger charge is -2.36. The van der Waals surface area contributed by atoms with Gasteiger partial charge < -0.3 is 10.4 Å². The number of allylic oxidation sites excluding steroid dienone is 1. The molecule has 156 valence electrons. The van der Waals surface area contributed by atoms with Crippen LogP contribution in [0, 0.1) is 5.41 Å². The minimum atomic E-state index is -1.02. The number of carbonyl (C=O) groups is 3. The van der Waals surface area contributed by atoms with Crippen molar-refractivity contribution in [1.29, 1.82) is 0 Å². The largest absolute Gasteiger partial charge is 0.481 e. The van der Waals surface area contributed by atoms with E-state index in [9.17, 15) is 14.4 Å². The summed E-state index contributed by atoms with van der Waals surface area (Å²) >= 11 is 1.49. The Morgan fingerprint density at radius 1 is 1.17 bits per heavy atom. The third-order valence-electron chi connectivity index (χ3n) is 5.53. The number of ketones is 1. The summed E-state index contributed by atoms with van der Waals surface area (Å²) in [5.74, 6) is -1.31. The van der Waals surface area contributed by atoms with Gasteiger partial charge in [0.1, 0.15) is 6.04 Å². The number of carboxylic acids is 1. The number of fused-ring (bicyclic) bond motifs is 1. The summed E-state index contributed by atoms with van der Waals surface area (Å²) < 4.78 is 0. The second-order valence-electron chi connectivity index (χ2n) is 8.55. The number of nitrogens with zero attached hydrogens (tertiary/aromatic N) is 1. The van der Waals surface area contributed by atoms with Gasteiger partial charge in [0, 0.05) is 29.0 Å². The van der Waals surface area contributed by atoms with Crippen molar-refractivity contribution < 1.29 is 19.5 Å². The summed E-state index contributed by atoms with van der Waals surface area (Å²) in [4.78, 5) is 40.3. The molecule has 1 atom stereocenters. The summed E-state index contributed by atoms with van der Waals surface area (Å²) in [5, 5.41) is 14.5. The second kappa shape index (κ2) is 7.72. The summed E-state index contributed by atoms with van der Waals surface area (Å²) in [6.07, 6.45) is 0.715. The number of aliphatic carboxylic acids is 1. The molecule has 0 bridgehead atoms. The number of rotatable bonds is 4. The van der Waals surface area contributed by atoms with Crippen molar-refractivity contribution in [2.45, 2.75) is 45.6 Å². The number of Topliss-reactive ketones (excluding diaryl/α,β-unsaturated/α-hetero) is 1. The van der Waals surface area contributed by atoms with Crippen LogP contribution in [-0.2, 0) is 14.4 Å². The highest BCUT2D eigenvalue weighted by molar-refractivity contribution is 7.10. The number of hydrogen-bond acceptors (Lipinski definition) is 5. The average Bonchev–Trinajstić information content (AvgIpc) is 3.15. The van der Waals surface area contributed by atoms with Gasteiger partial charge in [-0.2, -0.15) is 0 Å². The minimum absolute atomic E-state index is 0.0241. The van der Waals surface area contributed by atoms with E-state index in [1.807, 2.05) is 41.8 Å². The van der Waals surface area contributed by atoms with Gasteiger partial charge in [-0.3, -0.25) is 19.3 Å². The molecule has 1 aliphatic heterocycles. The lowest BCUT2D eigenvalue weighted by atomic mass is 9.74. The Balaban J connectivity index is 1.92. The predicted molar refractivity (Wildman–Crippen MR) is 117 cm³/mol. The van der Waals surface area contributed by atoms with Gasteiger partial charge >= 0.3 is 5.97 Å². The van der Waals surface area contributed by atoms with Crippen LogP contribution in [-0.4, -0.2) is 22.8 Å². The van der Waals surface area contributed by atoms with Gasteiger partial charge in [-0.05, 0) is 35.4 Å². The van der Waals surface area contributed by atoms with E-state index in [0.717, 1.165) is 16.3 Å². The second-order valence-corrected chi connectivity index (χ2v) is 9.53. The van der Waals surface area contributed by atoms with Crippen LogP contribution in [0.15, 0.2) is 53.0 Å². The molecule has 2 aromatic rings. The molecule has 0 spiro atoms. The van der Waals surface area contributed by atoms with Crippen LogP contribution in [0.2, 0.25) is 0 Å². The maximum Gasteiger partial charge on any atom is 0.303 e. The van der Waals surface area contributed by atoms with Gasteiger partial charge in [-0.1, -0.05) is 32.0 Å². The molecule has 4 rings (SSSR count). The summed E-state index contributed by atoms with van der Waals surface area (Å²) in [6, 6.07) is 10.7. The highest BCUT2D eigenvalue weighted by Crippen LogP contribution is 2.49. The molecule has 2 heterocycles. The van der Waals surface area contributed by atoms with Gasteiger partial charge in [0.05, 0.1) is 17.8 Å². The smallest absolute Gasteiger partial charge is 0.303 e. The number of hydrogen-bond donors (Lipinski definition) is 2. The van der Waals surface area contributed by atoms with Crippen LogP contribution < -0.4 is 10.2 Å². The number of amides is 1. The van der Waals surface area contributed by atoms with Crippen molar-refractivity contribution in [3.05, 3.63) is 57.9 Å². The molecule has 6 nitrogen and oxygen atoms in total. The standard InChI is InChI=1S/C23H24N2O4S/c1-23(2)12-15-21(17(26)13-23)22(18-8-5-11-30-18)25(19(27)9-10-20(28)29)16-7-4-3-6-14(16)24-15/h3-8,11,22,24H,9-10,12-13H2,1-2H3,(H,28,29). The van der Waals surface area contributed by atoms with Crippen LogP contribution >= 0.6 is 11.3 Å². The fraction of sp³-hybridized carbons (Fsp3) is 0.348. The van der Waals surface area contributed by atoms with Crippen molar-refractivity contribution >= 4 is 40.4 Å². The van der Waals surface area contributed by atoms with Crippen molar-refractivity contribution in [1.82, 2.24) is 0 Å². The van der Waals surface area contributed by atoms with E-state index in [4.69, 9.17) is 5.11 Å². The van der Waals surface area contributed by atoms with Crippen LogP contribution in [0.5, 0.6) is 0 Å². The van der Waals surface area contributed by atoms with Crippen molar-refractivity contribution in [3.63, 3.8) is 0 Å². The highest BCUT2D eigenvalue weighted by atomic mass is 32.1. The zero-order valence-electron chi connectivity index (χ0n) is 17.0. The number of carbonyl (C=O) groups excluding carboxylic acids is 2. The molecule has 0 saturated heterocycles. The number of anilines is 2. The van der Waals surface area contributed by atoms with E-state index in [0.29, 0.717) is 24.1 Å². The Hall–Kier alpha value is -2.93. The lowest BCUT2D eigenvalue weighted by molar-refractivity contribution is -0.138. The predicted octanol–water partition coefficient (Wildman–Crippen LogP) is 4.76. The third kappa shape index (κ3) is 3.77. The normalized spacial score (nSPS) is 20.1. The first-order chi connectivity index (χ1) is 14.3. The molecule has 0 fully saturated rings. The molecule has 1 amide bonds. The zero-order valence-corrected chi connectivity index (χ0v) is 17.8. The first-order valence-electron chi connectivity index (χ1n) is 9.96. The van der Waals surface area contributed by atoms with E-state index in [2.05, 4.69) is 19.2 Å². The molecule has 30 heavy (non-hydrogen) atoms. The quantitative estimate of drug-likeness (QED) is 0.739. The molecule has 1 unspecified atom stereocenters. The van der Waals surface area contributed by atoms with Gasteiger partial charge in [-0.25, -0.2) is 0 Å². The Morgan fingerprint density at radius 3 is 2.63 bits per heavy atom. The molecule has 0 radical (unpaired) electrons. The Morgan fingerprint density at radius 2 is 1.93 bits per heavy atom. The first kappa shape index (κ1) is 20.3. The van der Waals surface area contributed by atoms with Crippen LogP contribution in [0.25, 0.3) is 0 Å². The Kier molecular flexibility index (Phi) is 5.24.